The fourth-order valence-corrected chi connectivity index (χ4v) is 2.27. The zero-order chi connectivity index (χ0) is 11.8. The van der Waals surface area contributed by atoms with Gasteiger partial charge in [0, 0.05) is 12.2 Å². The predicted molar refractivity (Wildman–Crippen MR) is 61.8 cm³/mol. The number of nitrogens with one attached hydrogen (secondary N) is 1. The van der Waals surface area contributed by atoms with Crippen LogP contribution >= 0.6 is 0 Å². The van der Waals surface area contributed by atoms with Crippen LogP contribution in [-0.4, -0.2) is 29.3 Å². The van der Waals surface area contributed by atoms with Crippen LogP contribution in [0.2, 0.25) is 0 Å². The van der Waals surface area contributed by atoms with Gasteiger partial charge in [-0.2, -0.15) is 0 Å². The van der Waals surface area contributed by atoms with Crippen molar-refractivity contribution in [2.75, 3.05) is 6.54 Å². The zero-order valence-corrected chi connectivity index (χ0v) is 10.2. The summed E-state index contributed by atoms with van der Waals surface area (Å²) in [5.41, 5.74) is 0.952. The smallest absolute Gasteiger partial charge is 0.409 e. The Morgan fingerprint density at radius 2 is 2.31 bits per heavy atom. The molecule has 90 valence electrons. The van der Waals surface area contributed by atoms with E-state index in [-0.39, 0.29) is 12.3 Å². The van der Waals surface area contributed by atoms with Gasteiger partial charge in [-0.15, -0.1) is 0 Å². The SMILES string of the molecule is CC(C)(C)OC(=O)N[C@H]1CCC2=CCCN21. The molecule has 2 aliphatic heterocycles. The van der Waals surface area contributed by atoms with Crippen molar-refractivity contribution in [3.63, 3.8) is 0 Å². The van der Waals surface area contributed by atoms with Crippen molar-refractivity contribution in [3.05, 3.63) is 11.8 Å². The Morgan fingerprint density at radius 3 is 3.00 bits per heavy atom. The van der Waals surface area contributed by atoms with Crippen molar-refractivity contribution in [3.8, 4) is 0 Å². The summed E-state index contributed by atoms with van der Waals surface area (Å²) in [6, 6.07) is 0. The van der Waals surface area contributed by atoms with Gasteiger partial charge in [0.1, 0.15) is 11.8 Å². The number of allylic oxidation sites excluding steroid dienone is 1. The monoisotopic (exact) mass is 224 g/mol. The number of carbonyl (C=O) groups excluding carboxylic acids is 1. The van der Waals surface area contributed by atoms with Crippen LogP contribution in [0.25, 0.3) is 0 Å². The maximum absolute atomic E-state index is 11.6. The Balaban J connectivity index is 1.87. The Labute approximate surface area is 96.6 Å². The lowest BCUT2D eigenvalue weighted by atomic mass is 10.2. The van der Waals surface area contributed by atoms with Crippen LogP contribution < -0.4 is 5.32 Å². The second-order valence-corrected chi connectivity index (χ2v) is 5.38. The number of hydrogen-bond acceptors (Lipinski definition) is 3. The summed E-state index contributed by atoms with van der Waals surface area (Å²) in [7, 11) is 0. The van der Waals surface area contributed by atoms with Gasteiger partial charge in [0.2, 0.25) is 0 Å². The summed E-state index contributed by atoms with van der Waals surface area (Å²) in [6.07, 6.45) is 5.23. The fraction of sp³-hybridized carbons (Fsp3) is 0.750. The molecule has 4 nitrogen and oxygen atoms in total. The Hall–Kier alpha value is -1.19. The van der Waals surface area contributed by atoms with E-state index < -0.39 is 5.60 Å². The molecule has 0 aromatic carbocycles. The molecule has 1 amide bonds. The van der Waals surface area contributed by atoms with Crippen LogP contribution in [0.15, 0.2) is 11.8 Å². The lowest BCUT2D eigenvalue weighted by Gasteiger charge is -2.27. The average molecular weight is 224 g/mol. The third-order valence-corrected chi connectivity index (χ3v) is 2.85. The number of amides is 1. The molecule has 1 fully saturated rings. The maximum Gasteiger partial charge on any atom is 0.409 e. The van der Waals surface area contributed by atoms with Crippen molar-refractivity contribution >= 4 is 6.09 Å². The zero-order valence-electron chi connectivity index (χ0n) is 10.2. The van der Waals surface area contributed by atoms with Crippen LogP contribution in [-0.2, 0) is 4.74 Å². The first-order chi connectivity index (χ1) is 7.46. The Morgan fingerprint density at radius 1 is 1.56 bits per heavy atom. The summed E-state index contributed by atoms with van der Waals surface area (Å²) in [6.45, 7) is 6.66. The first-order valence-electron chi connectivity index (χ1n) is 5.91. The molecule has 0 saturated carbocycles. The van der Waals surface area contributed by atoms with Gasteiger partial charge in [-0.05, 0) is 40.0 Å². The second kappa shape index (κ2) is 4.00. The number of rotatable bonds is 1. The highest BCUT2D eigenvalue weighted by Crippen LogP contribution is 2.30. The summed E-state index contributed by atoms with van der Waals surface area (Å²) in [4.78, 5) is 13.9. The lowest BCUT2D eigenvalue weighted by Crippen LogP contribution is -2.45. The molecule has 1 atom stereocenters. The number of alkyl carbamates (subject to hydrolysis) is 1. The highest BCUT2D eigenvalue weighted by Gasteiger charge is 2.32. The normalized spacial score (nSPS) is 24.1. The molecule has 2 aliphatic rings. The first kappa shape index (κ1) is 11.3. The minimum absolute atomic E-state index is 0.128. The minimum Gasteiger partial charge on any atom is -0.444 e. The lowest BCUT2D eigenvalue weighted by molar-refractivity contribution is 0.0462. The van der Waals surface area contributed by atoms with E-state index in [0.717, 1.165) is 25.8 Å². The molecule has 2 heterocycles. The predicted octanol–water partition coefficient (Wildman–Crippen LogP) is 2.22. The highest BCUT2D eigenvalue weighted by molar-refractivity contribution is 5.68. The van der Waals surface area contributed by atoms with Crippen molar-refractivity contribution in [2.24, 2.45) is 0 Å². The molecular weight excluding hydrogens is 204 g/mol. The molecular formula is C12H20N2O2. The number of hydrogen-bond donors (Lipinski definition) is 1. The third kappa shape index (κ3) is 2.49. The topological polar surface area (TPSA) is 41.6 Å². The van der Waals surface area contributed by atoms with Gasteiger partial charge >= 0.3 is 6.09 Å². The van der Waals surface area contributed by atoms with E-state index >= 15 is 0 Å². The van der Waals surface area contributed by atoms with Gasteiger partial charge in [-0.25, -0.2) is 4.79 Å². The van der Waals surface area contributed by atoms with Crippen LogP contribution in [0.5, 0.6) is 0 Å². The Kier molecular flexibility index (Phi) is 2.82. The maximum atomic E-state index is 11.6. The van der Waals surface area contributed by atoms with Crippen molar-refractivity contribution in [2.45, 2.75) is 51.8 Å². The molecule has 0 aromatic heterocycles. The van der Waals surface area contributed by atoms with Gasteiger partial charge < -0.3 is 15.0 Å². The van der Waals surface area contributed by atoms with E-state index in [1.165, 1.54) is 5.70 Å². The van der Waals surface area contributed by atoms with Gasteiger partial charge in [0.05, 0.1) is 0 Å². The van der Waals surface area contributed by atoms with E-state index in [1.807, 2.05) is 20.8 Å². The molecule has 0 aromatic rings. The van der Waals surface area contributed by atoms with E-state index in [1.54, 1.807) is 0 Å². The highest BCUT2D eigenvalue weighted by atomic mass is 16.6. The van der Waals surface area contributed by atoms with Crippen LogP contribution in [0.1, 0.15) is 40.0 Å². The van der Waals surface area contributed by atoms with Crippen LogP contribution in [0, 0.1) is 0 Å². The molecule has 0 radical (unpaired) electrons. The Bertz CT molecular complexity index is 317. The van der Waals surface area contributed by atoms with Crippen molar-refractivity contribution in [1.29, 1.82) is 0 Å². The molecule has 2 rings (SSSR count). The molecule has 1 N–H and O–H groups in total. The number of carbonyl (C=O) groups is 1. The standard InChI is InChI=1S/C12H20N2O2/c1-12(2,3)16-11(15)13-10-7-6-9-5-4-8-14(9)10/h5,10H,4,6-8H2,1-3H3,(H,13,15)/t10-/m1/s1. The van der Waals surface area contributed by atoms with E-state index in [4.69, 9.17) is 4.74 Å². The number of fused-ring (bicyclic) bond motifs is 1. The van der Waals surface area contributed by atoms with E-state index in [0.29, 0.717) is 0 Å². The molecule has 1 saturated heterocycles. The van der Waals surface area contributed by atoms with E-state index in [9.17, 15) is 4.79 Å². The second-order valence-electron chi connectivity index (χ2n) is 5.38. The van der Waals surface area contributed by atoms with Gasteiger partial charge in [0.25, 0.3) is 0 Å². The summed E-state index contributed by atoms with van der Waals surface area (Å²) in [5, 5.41) is 2.93. The van der Waals surface area contributed by atoms with E-state index in [2.05, 4.69) is 16.3 Å². The van der Waals surface area contributed by atoms with Gasteiger partial charge in [-0.3, -0.25) is 0 Å². The molecule has 0 aliphatic carbocycles. The third-order valence-electron chi connectivity index (χ3n) is 2.85. The quantitative estimate of drug-likeness (QED) is 0.742. The average Bonchev–Trinajstić information content (AvgIpc) is 2.66. The van der Waals surface area contributed by atoms with Crippen LogP contribution in [0.3, 0.4) is 0 Å². The molecule has 16 heavy (non-hydrogen) atoms. The summed E-state index contributed by atoms with van der Waals surface area (Å²) < 4.78 is 5.25. The largest absolute Gasteiger partial charge is 0.444 e. The summed E-state index contributed by atoms with van der Waals surface area (Å²) in [5.74, 6) is 0. The van der Waals surface area contributed by atoms with Crippen molar-refractivity contribution < 1.29 is 9.53 Å². The van der Waals surface area contributed by atoms with Gasteiger partial charge in [-0.1, -0.05) is 6.08 Å². The number of nitrogens with zero attached hydrogens (tertiary/aromatic N) is 1. The van der Waals surface area contributed by atoms with Crippen LogP contribution in [0.4, 0.5) is 4.79 Å². The minimum atomic E-state index is -0.424. The molecule has 0 spiro atoms. The molecule has 0 bridgehead atoms. The summed E-state index contributed by atoms with van der Waals surface area (Å²) >= 11 is 0. The molecule has 0 unspecified atom stereocenters. The first-order valence-corrected chi connectivity index (χ1v) is 5.91. The molecule has 4 heteroatoms. The van der Waals surface area contributed by atoms with Crippen molar-refractivity contribution in [1.82, 2.24) is 10.2 Å². The van der Waals surface area contributed by atoms with Gasteiger partial charge in [0.15, 0.2) is 0 Å². The number of ether oxygens (including phenoxy) is 1. The fourth-order valence-electron chi connectivity index (χ4n) is 2.27.